The number of hydrogen-bond donors (Lipinski definition) is 1. The van der Waals surface area contributed by atoms with Gasteiger partial charge in [0.25, 0.3) is 0 Å². The summed E-state index contributed by atoms with van der Waals surface area (Å²) in [6.45, 7) is 11.3. The Morgan fingerprint density at radius 3 is 2.18 bits per heavy atom. The quantitative estimate of drug-likeness (QED) is 0.810. The lowest BCUT2D eigenvalue weighted by atomic mass is 10.1. The third-order valence-corrected chi connectivity index (χ3v) is 3.17. The van der Waals surface area contributed by atoms with E-state index in [2.05, 4.69) is 0 Å². The molecule has 128 valence electrons. The average Bonchev–Trinajstić information content (AvgIpc) is 2.71. The number of nitrogens with zero attached hydrogens (tertiary/aromatic N) is 1. The van der Waals surface area contributed by atoms with E-state index in [4.69, 9.17) is 9.47 Å². The molecule has 0 radical (unpaired) electrons. The third kappa shape index (κ3) is 6.22. The highest BCUT2D eigenvalue weighted by Gasteiger charge is 2.37. The minimum Gasteiger partial charge on any atom is -0.460 e. The monoisotopic (exact) mass is 315 g/mol. The summed E-state index contributed by atoms with van der Waals surface area (Å²) >= 11 is 0. The second-order valence-electron chi connectivity index (χ2n) is 7.74. The second kappa shape index (κ2) is 6.86. The number of esters is 1. The Labute approximate surface area is 132 Å². The van der Waals surface area contributed by atoms with Crippen molar-refractivity contribution >= 4 is 12.1 Å². The van der Waals surface area contributed by atoms with E-state index in [0.29, 0.717) is 13.0 Å². The van der Waals surface area contributed by atoms with E-state index in [0.717, 1.165) is 6.42 Å². The highest BCUT2D eigenvalue weighted by molar-refractivity contribution is 5.71. The van der Waals surface area contributed by atoms with Gasteiger partial charge in [0.15, 0.2) is 0 Å². The molecule has 1 saturated heterocycles. The Bertz CT molecular complexity index is 408. The zero-order chi connectivity index (χ0) is 17.1. The van der Waals surface area contributed by atoms with Crippen molar-refractivity contribution in [1.29, 1.82) is 0 Å². The first-order chi connectivity index (χ1) is 9.89. The molecule has 0 saturated carbocycles. The number of amides is 1. The van der Waals surface area contributed by atoms with E-state index in [1.165, 1.54) is 4.90 Å². The van der Waals surface area contributed by atoms with Gasteiger partial charge in [0, 0.05) is 6.54 Å². The molecule has 1 rings (SSSR count). The lowest BCUT2D eigenvalue weighted by Gasteiger charge is -2.31. The molecular weight excluding hydrogens is 286 g/mol. The Hall–Kier alpha value is -1.30. The van der Waals surface area contributed by atoms with Gasteiger partial charge in [-0.05, 0) is 54.4 Å². The number of rotatable bonds is 3. The van der Waals surface area contributed by atoms with Gasteiger partial charge in [-0.3, -0.25) is 4.79 Å². The lowest BCUT2D eigenvalue weighted by Crippen LogP contribution is -2.46. The standard InChI is InChI=1S/C16H29NO5/c1-15(2,3)21-13(19)10-12(18)11-8-7-9-17(11)14(20)22-16(4,5)6/h11-12,18H,7-10H2,1-6H3/t11-,12+/m0/s1. The number of aliphatic hydroxyl groups excluding tert-OH is 1. The Morgan fingerprint density at radius 2 is 1.68 bits per heavy atom. The fourth-order valence-corrected chi connectivity index (χ4v) is 2.43. The van der Waals surface area contributed by atoms with Crippen molar-refractivity contribution in [3.05, 3.63) is 0 Å². The molecule has 0 aliphatic carbocycles. The average molecular weight is 315 g/mol. The molecule has 1 aliphatic heterocycles. The molecule has 0 aromatic rings. The predicted molar refractivity (Wildman–Crippen MR) is 82.4 cm³/mol. The summed E-state index contributed by atoms with van der Waals surface area (Å²) in [6.07, 6.45) is -0.0668. The van der Waals surface area contributed by atoms with Gasteiger partial charge in [-0.25, -0.2) is 4.79 Å². The van der Waals surface area contributed by atoms with E-state index in [9.17, 15) is 14.7 Å². The minimum absolute atomic E-state index is 0.124. The summed E-state index contributed by atoms with van der Waals surface area (Å²) in [5, 5.41) is 10.3. The van der Waals surface area contributed by atoms with Crippen LogP contribution in [0.1, 0.15) is 60.8 Å². The van der Waals surface area contributed by atoms with Gasteiger partial charge < -0.3 is 19.5 Å². The molecule has 22 heavy (non-hydrogen) atoms. The fourth-order valence-electron chi connectivity index (χ4n) is 2.43. The van der Waals surface area contributed by atoms with Gasteiger partial charge in [0.2, 0.25) is 0 Å². The van der Waals surface area contributed by atoms with Crippen molar-refractivity contribution < 1.29 is 24.2 Å². The molecular formula is C16H29NO5. The molecule has 0 aromatic heterocycles. The second-order valence-corrected chi connectivity index (χ2v) is 7.74. The smallest absolute Gasteiger partial charge is 0.410 e. The molecule has 6 heteroatoms. The van der Waals surface area contributed by atoms with Crippen molar-refractivity contribution in [2.75, 3.05) is 6.54 Å². The topological polar surface area (TPSA) is 76.1 Å². The van der Waals surface area contributed by atoms with Gasteiger partial charge in [0.1, 0.15) is 11.2 Å². The summed E-state index contributed by atoms with van der Waals surface area (Å²) in [4.78, 5) is 25.5. The fraction of sp³-hybridized carbons (Fsp3) is 0.875. The zero-order valence-corrected chi connectivity index (χ0v) is 14.5. The molecule has 0 bridgehead atoms. The molecule has 6 nitrogen and oxygen atoms in total. The van der Waals surface area contributed by atoms with Crippen LogP contribution in [0.2, 0.25) is 0 Å². The molecule has 1 heterocycles. The van der Waals surface area contributed by atoms with E-state index < -0.39 is 35.4 Å². The van der Waals surface area contributed by atoms with Crippen LogP contribution in [0.5, 0.6) is 0 Å². The first-order valence-corrected chi connectivity index (χ1v) is 7.78. The van der Waals surface area contributed by atoms with E-state index in [-0.39, 0.29) is 6.42 Å². The predicted octanol–water partition coefficient (Wildman–Crippen LogP) is 2.48. The maximum absolute atomic E-state index is 12.2. The van der Waals surface area contributed by atoms with Crippen LogP contribution in [0.15, 0.2) is 0 Å². The maximum Gasteiger partial charge on any atom is 0.410 e. The molecule has 1 N–H and O–H groups in total. The summed E-state index contributed by atoms with van der Waals surface area (Å²) in [7, 11) is 0. The number of ether oxygens (including phenoxy) is 2. The summed E-state index contributed by atoms with van der Waals surface area (Å²) in [6, 6.07) is -0.401. The normalized spacial score (nSPS) is 20.7. The van der Waals surface area contributed by atoms with Crippen LogP contribution in [0, 0.1) is 0 Å². The number of aliphatic hydroxyl groups is 1. The number of carbonyl (C=O) groups is 2. The third-order valence-electron chi connectivity index (χ3n) is 3.17. The van der Waals surface area contributed by atoms with E-state index in [1.54, 1.807) is 41.5 Å². The Kier molecular flexibility index (Phi) is 5.84. The van der Waals surface area contributed by atoms with Crippen molar-refractivity contribution in [3.63, 3.8) is 0 Å². The summed E-state index contributed by atoms with van der Waals surface area (Å²) < 4.78 is 10.6. The zero-order valence-electron chi connectivity index (χ0n) is 14.5. The van der Waals surface area contributed by atoms with Gasteiger partial charge in [-0.15, -0.1) is 0 Å². The van der Waals surface area contributed by atoms with Gasteiger partial charge in [-0.1, -0.05) is 0 Å². The van der Waals surface area contributed by atoms with Crippen molar-refractivity contribution in [2.24, 2.45) is 0 Å². The number of likely N-dealkylation sites (tertiary alicyclic amines) is 1. The molecule has 0 unspecified atom stereocenters. The minimum atomic E-state index is -0.940. The van der Waals surface area contributed by atoms with Crippen LogP contribution < -0.4 is 0 Å². The molecule has 2 atom stereocenters. The molecule has 1 amide bonds. The highest BCUT2D eigenvalue weighted by atomic mass is 16.6. The molecule has 1 aliphatic rings. The molecule has 0 aromatic carbocycles. The molecule has 0 spiro atoms. The summed E-state index contributed by atoms with van der Waals surface area (Å²) in [5.74, 6) is -0.462. The lowest BCUT2D eigenvalue weighted by molar-refractivity contribution is -0.157. The molecule has 1 fully saturated rings. The van der Waals surface area contributed by atoms with Crippen LogP contribution >= 0.6 is 0 Å². The Balaban J connectivity index is 2.62. The van der Waals surface area contributed by atoms with Gasteiger partial charge >= 0.3 is 12.1 Å². The van der Waals surface area contributed by atoms with Crippen LogP contribution in [-0.4, -0.2) is 52.0 Å². The summed E-state index contributed by atoms with van der Waals surface area (Å²) in [5.41, 5.74) is -1.17. The van der Waals surface area contributed by atoms with E-state index in [1.807, 2.05) is 0 Å². The van der Waals surface area contributed by atoms with Crippen LogP contribution in [-0.2, 0) is 14.3 Å². The number of carbonyl (C=O) groups excluding carboxylic acids is 2. The van der Waals surface area contributed by atoms with E-state index >= 15 is 0 Å². The highest BCUT2D eigenvalue weighted by Crippen LogP contribution is 2.25. The number of hydrogen-bond acceptors (Lipinski definition) is 5. The maximum atomic E-state index is 12.2. The Morgan fingerprint density at radius 1 is 1.14 bits per heavy atom. The van der Waals surface area contributed by atoms with Crippen LogP contribution in [0.4, 0.5) is 4.79 Å². The largest absolute Gasteiger partial charge is 0.460 e. The van der Waals surface area contributed by atoms with Crippen molar-refractivity contribution in [3.8, 4) is 0 Å². The van der Waals surface area contributed by atoms with Crippen molar-refractivity contribution in [1.82, 2.24) is 4.90 Å². The van der Waals surface area contributed by atoms with Gasteiger partial charge in [0.05, 0.1) is 18.6 Å². The first kappa shape index (κ1) is 18.7. The van der Waals surface area contributed by atoms with Crippen LogP contribution in [0.25, 0.3) is 0 Å². The first-order valence-electron chi connectivity index (χ1n) is 7.78. The van der Waals surface area contributed by atoms with Gasteiger partial charge in [-0.2, -0.15) is 0 Å². The van der Waals surface area contributed by atoms with Crippen molar-refractivity contribution in [2.45, 2.75) is 84.2 Å². The SMILES string of the molecule is CC(C)(C)OC(=O)C[C@@H](O)[C@@H]1CCCN1C(=O)OC(C)(C)C. The van der Waals surface area contributed by atoms with Crippen LogP contribution in [0.3, 0.4) is 0 Å².